The third-order valence-corrected chi connectivity index (χ3v) is 8.70. The van der Waals surface area contributed by atoms with Crippen LogP contribution in [0.4, 0.5) is 28.9 Å². The molecule has 3 aromatic carbocycles. The second-order valence-corrected chi connectivity index (χ2v) is 11.5. The molecule has 0 saturated carbocycles. The van der Waals surface area contributed by atoms with Crippen molar-refractivity contribution >= 4 is 34.9 Å². The van der Waals surface area contributed by atoms with E-state index >= 15 is 4.39 Å². The predicted molar refractivity (Wildman–Crippen MR) is 161 cm³/mol. The first kappa shape index (κ1) is 32.4. The van der Waals surface area contributed by atoms with Crippen molar-refractivity contribution in [2.75, 3.05) is 43.2 Å². The Bertz CT molecular complexity index is 1560. The molecule has 0 atom stereocenters. The molecule has 0 radical (unpaired) electrons. The van der Waals surface area contributed by atoms with Crippen LogP contribution in [0.2, 0.25) is 5.02 Å². The summed E-state index contributed by atoms with van der Waals surface area (Å²) in [4.78, 5) is 29.5. The molecule has 0 aliphatic carbocycles. The van der Waals surface area contributed by atoms with Crippen LogP contribution >= 0.6 is 11.6 Å². The zero-order chi connectivity index (χ0) is 32.4. The number of carbonyl (C=O) groups excluding carboxylic acids is 2. The maximum atomic E-state index is 15.3. The summed E-state index contributed by atoms with van der Waals surface area (Å²) < 4.78 is 71.6. The van der Waals surface area contributed by atoms with Gasteiger partial charge in [0, 0.05) is 25.1 Å². The summed E-state index contributed by atoms with van der Waals surface area (Å²) >= 11 is 6.24. The van der Waals surface area contributed by atoms with E-state index in [9.17, 15) is 22.8 Å². The maximum Gasteiger partial charge on any atom is 0.416 e. The van der Waals surface area contributed by atoms with Crippen molar-refractivity contribution in [2.24, 2.45) is 5.41 Å². The summed E-state index contributed by atoms with van der Waals surface area (Å²) in [5.41, 5.74) is 0.0302. The van der Waals surface area contributed by atoms with Gasteiger partial charge in [0.1, 0.15) is 29.3 Å². The van der Waals surface area contributed by atoms with Crippen molar-refractivity contribution in [3.8, 4) is 11.5 Å². The molecule has 240 valence electrons. The molecule has 2 heterocycles. The Labute approximate surface area is 263 Å². The number of hydrogen-bond donors (Lipinski definition) is 0. The number of carbonyl (C=O) groups is 2. The lowest BCUT2D eigenvalue weighted by Crippen LogP contribution is -2.48. The first-order valence-electron chi connectivity index (χ1n) is 14.6. The van der Waals surface area contributed by atoms with Gasteiger partial charge in [0.05, 0.1) is 42.2 Å². The molecular weight excluding hydrogens is 616 g/mol. The number of fused-ring (bicyclic) bond motifs is 1. The number of benzene rings is 3. The zero-order valence-electron chi connectivity index (χ0n) is 24.9. The highest BCUT2D eigenvalue weighted by atomic mass is 35.5. The highest BCUT2D eigenvalue weighted by molar-refractivity contribution is 6.33. The number of methoxy groups -OCH3 is 1. The van der Waals surface area contributed by atoms with Gasteiger partial charge in [-0.15, -0.1) is 0 Å². The van der Waals surface area contributed by atoms with Gasteiger partial charge in [0.2, 0.25) is 5.91 Å². The molecule has 0 spiro atoms. The Morgan fingerprint density at radius 3 is 2.36 bits per heavy atom. The monoisotopic (exact) mass is 648 g/mol. The third kappa shape index (κ3) is 6.83. The smallest absolute Gasteiger partial charge is 0.416 e. The van der Waals surface area contributed by atoms with Crippen LogP contribution in [0.25, 0.3) is 0 Å². The molecule has 7 nitrogen and oxygen atoms in total. The SMILES string of the molecule is CCOC(=O)C1(COc2ccc(F)c3c2CCC(=O)N3Cc2ccc(OC)cc2)CCN(c2ccc(C(F)(F)F)cc2Cl)CC1. The minimum Gasteiger partial charge on any atom is -0.497 e. The standard InChI is InChI=1S/C33H33ClF4N2O5/c1-3-44-31(42)32(14-16-39(17-15-32)27-11-6-22(18-25(27)34)33(36,37)38)20-45-28-12-10-26(35)30-24(28)9-13-29(41)40(30)19-21-4-7-23(43-2)8-5-21/h4-8,10-12,18H,3,9,13-17,19-20H2,1-2H3. The van der Waals surface area contributed by atoms with Crippen LogP contribution < -0.4 is 19.3 Å². The van der Waals surface area contributed by atoms with E-state index in [1.807, 2.05) is 17.0 Å². The van der Waals surface area contributed by atoms with Crippen LogP contribution in [0, 0.1) is 11.2 Å². The highest BCUT2D eigenvalue weighted by Crippen LogP contribution is 2.42. The van der Waals surface area contributed by atoms with Crippen molar-refractivity contribution in [1.29, 1.82) is 0 Å². The third-order valence-electron chi connectivity index (χ3n) is 8.40. The van der Waals surface area contributed by atoms with Crippen molar-refractivity contribution < 1.29 is 41.4 Å². The number of halogens is 5. The summed E-state index contributed by atoms with van der Waals surface area (Å²) in [5, 5.41) is -0.0311. The molecule has 0 unspecified atom stereocenters. The van der Waals surface area contributed by atoms with E-state index in [0.717, 1.165) is 17.7 Å². The Morgan fingerprint density at radius 1 is 1.02 bits per heavy atom. The number of anilines is 2. The predicted octanol–water partition coefficient (Wildman–Crippen LogP) is 7.21. The number of alkyl halides is 3. The molecule has 3 aromatic rings. The van der Waals surface area contributed by atoms with E-state index in [4.69, 9.17) is 25.8 Å². The van der Waals surface area contributed by atoms with Gasteiger partial charge >= 0.3 is 12.1 Å². The number of nitrogens with zero attached hydrogens (tertiary/aromatic N) is 2. The van der Waals surface area contributed by atoms with Gasteiger partial charge in [-0.1, -0.05) is 23.7 Å². The topological polar surface area (TPSA) is 68.3 Å². The van der Waals surface area contributed by atoms with Crippen LogP contribution in [-0.2, 0) is 33.5 Å². The molecule has 0 aromatic heterocycles. The van der Waals surface area contributed by atoms with Gasteiger partial charge in [-0.3, -0.25) is 9.59 Å². The van der Waals surface area contributed by atoms with Gasteiger partial charge in [-0.25, -0.2) is 4.39 Å². The van der Waals surface area contributed by atoms with Crippen LogP contribution in [0.3, 0.4) is 0 Å². The number of hydrogen-bond acceptors (Lipinski definition) is 6. The summed E-state index contributed by atoms with van der Waals surface area (Å²) in [5.74, 6) is -0.187. The molecular formula is C33H33ClF4N2O5. The average Bonchev–Trinajstić information content (AvgIpc) is 3.02. The summed E-state index contributed by atoms with van der Waals surface area (Å²) in [7, 11) is 1.56. The van der Waals surface area contributed by atoms with E-state index in [1.165, 1.54) is 23.1 Å². The number of esters is 1. The maximum absolute atomic E-state index is 15.3. The average molecular weight is 649 g/mol. The zero-order valence-corrected chi connectivity index (χ0v) is 25.6. The minimum atomic E-state index is -4.51. The summed E-state index contributed by atoms with van der Waals surface area (Å²) in [6.45, 7) is 2.59. The van der Waals surface area contributed by atoms with Gasteiger partial charge in [0.25, 0.3) is 0 Å². The molecule has 1 saturated heterocycles. The first-order valence-corrected chi connectivity index (χ1v) is 15.0. The van der Waals surface area contributed by atoms with Crippen LogP contribution in [0.1, 0.15) is 42.9 Å². The van der Waals surface area contributed by atoms with Crippen LogP contribution in [0.15, 0.2) is 54.6 Å². The molecule has 0 N–H and O–H groups in total. The van der Waals surface area contributed by atoms with Gasteiger partial charge in [-0.05, 0) is 74.2 Å². The molecule has 12 heteroatoms. The Balaban J connectivity index is 1.36. The fraction of sp³-hybridized carbons (Fsp3) is 0.394. The lowest BCUT2D eigenvalue weighted by molar-refractivity contribution is -0.159. The van der Waals surface area contributed by atoms with E-state index in [0.29, 0.717) is 35.8 Å². The largest absolute Gasteiger partial charge is 0.497 e. The molecule has 2 aliphatic rings. The molecule has 45 heavy (non-hydrogen) atoms. The van der Waals surface area contributed by atoms with Gasteiger partial charge in [0.15, 0.2) is 0 Å². The number of ether oxygens (including phenoxy) is 3. The molecule has 1 fully saturated rings. The van der Waals surface area contributed by atoms with Crippen molar-refractivity contribution in [2.45, 2.75) is 45.3 Å². The number of amides is 1. The van der Waals surface area contributed by atoms with Crippen molar-refractivity contribution in [3.05, 3.63) is 82.1 Å². The molecule has 0 bridgehead atoms. The Morgan fingerprint density at radius 2 is 1.73 bits per heavy atom. The second kappa shape index (κ2) is 13.2. The lowest BCUT2D eigenvalue weighted by Gasteiger charge is -2.41. The van der Waals surface area contributed by atoms with E-state index in [-0.39, 0.29) is 62.1 Å². The number of piperidine rings is 1. The van der Waals surface area contributed by atoms with Crippen molar-refractivity contribution in [1.82, 2.24) is 0 Å². The van der Waals surface area contributed by atoms with Gasteiger partial charge in [-0.2, -0.15) is 13.2 Å². The van der Waals surface area contributed by atoms with E-state index in [1.54, 1.807) is 26.2 Å². The van der Waals surface area contributed by atoms with Gasteiger partial charge < -0.3 is 24.0 Å². The first-order chi connectivity index (χ1) is 21.5. The lowest BCUT2D eigenvalue weighted by atomic mass is 9.78. The quantitative estimate of drug-likeness (QED) is 0.180. The summed E-state index contributed by atoms with van der Waals surface area (Å²) in [6.07, 6.45) is -3.51. The molecule has 5 rings (SSSR count). The fourth-order valence-corrected chi connectivity index (χ4v) is 6.15. The van der Waals surface area contributed by atoms with Crippen molar-refractivity contribution in [3.63, 3.8) is 0 Å². The molecule has 2 aliphatic heterocycles. The second-order valence-electron chi connectivity index (χ2n) is 11.1. The van der Waals surface area contributed by atoms with Crippen LogP contribution in [-0.4, -0.2) is 45.3 Å². The minimum absolute atomic E-state index is 0.0311. The van der Waals surface area contributed by atoms with Crippen LogP contribution in [0.5, 0.6) is 11.5 Å². The Hall–Kier alpha value is -3.99. The van der Waals surface area contributed by atoms with E-state index in [2.05, 4.69) is 0 Å². The Kier molecular flexibility index (Phi) is 9.48. The fourth-order valence-electron chi connectivity index (χ4n) is 5.85. The van der Waals surface area contributed by atoms with E-state index < -0.39 is 28.9 Å². The summed E-state index contributed by atoms with van der Waals surface area (Å²) in [6, 6.07) is 13.1. The number of rotatable bonds is 9. The highest BCUT2D eigenvalue weighted by Gasteiger charge is 2.44. The molecule has 1 amide bonds. The normalized spacial score (nSPS) is 16.3.